The zero-order valence-corrected chi connectivity index (χ0v) is 5.48. The highest BCUT2D eigenvalue weighted by Gasteiger charge is 2.41. The van der Waals surface area contributed by atoms with Crippen LogP contribution in [-0.4, -0.2) is 7.28 Å². The Morgan fingerprint density at radius 1 is 1.62 bits per heavy atom. The van der Waals surface area contributed by atoms with Crippen LogP contribution in [0.2, 0.25) is 12.1 Å². The summed E-state index contributed by atoms with van der Waals surface area (Å²) in [4.78, 5) is 0. The van der Waals surface area contributed by atoms with Gasteiger partial charge in [-0.05, 0) is 18.3 Å². The van der Waals surface area contributed by atoms with Crippen LogP contribution in [0.3, 0.4) is 0 Å². The molecule has 2 fully saturated rings. The molecule has 1 saturated carbocycles. The monoisotopic (exact) mass is 107 g/mol. The van der Waals surface area contributed by atoms with Crippen molar-refractivity contribution in [2.45, 2.75) is 38.3 Å². The molecule has 0 spiro atoms. The van der Waals surface area contributed by atoms with E-state index in [-0.39, 0.29) is 0 Å². The van der Waals surface area contributed by atoms with E-state index in [2.05, 4.69) is 14.2 Å². The Labute approximate surface area is 51.9 Å². The molecule has 0 nitrogen and oxygen atoms in total. The van der Waals surface area contributed by atoms with E-state index in [1.165, 1.54) is 25.6 Å². The van der Waals surface area contributed by atoms with Crippen molar-refractivity contribution < 1.29 is 0 Å². The fourth-order valence-corrected chi connectivity index (χ4v) is 1.31. The summed E-state index contributed by atoms with van der Waals surface area (Å²) in [6.07, 6.45) is 5.90. The van der Waals surface area contributed by atoms with Crippen LogP contribution in [0, 0.1) is 5.41 Å². The molecule has 1 atom stereocenters. The lowest BCUT2D eigenvalue weighted by Gasteiger charge is -2.03. The fourth-order valence-electron chi connectivity index (χ4n) is 1.31. The van der Waals surface area contributed by atoms with E-state index in [0.717, 1.165) is 11.2 Å². The van der Waals surface area contributed by atoms with Crippen molar-refractivity contribution in [3.8, 4) is 0 Å². The zero-order valence-electron chi connectivity index (χ0n) is 5.48. The Bertz CT molecular complexity index is 101. The molecule has 1 aliphatic heterocycles. The molecule has 0 bridgehead atoms. The molecule has 1 aliphatic carbocycles. The first-order valence-corrected chi connectivity index (χ1v) is 3.62. The molecule has 0 aromatic rings. The zero-order chi connectivity index (χ0) is 5.61. The maximum atomic E-state index is 2.43. The minimum Gasteiger partial charge on any atom is -0.0841 e. The van der Waals surface area contributed by atoms with Gasteiger partial charge in [0.1, 0.15) is 7.28 Å². The lowest BCUT2D eigenvalue weighted by Crippen LogP contribution is -1.90. The predicted octanol–water partition coefficient (Wildman–Crippen LogP) is 2.10. The predicted molar refractivity (Wildman–Crippen MR) is 36.3 cm³/mol. The Balaban J connectivity index is 1.81. The van der Waals surface area contributed by atoms with Crippen molar-refractivity contribution in [2.24, 2.45) is 5.41 Å². The topological polar surface area (TPSA) is 0 Å². The standard InChI is InChI=1S/C7H12B/c1-7(2-3-7)4-6-5-8-6/h6H,2-5H2,1H3. The van der Waals surface area contributed by atoms with Gasteiger partial charge in [0, 0.05) is 0 Å². The van der Waals surface area contributed by atoms with Gasteiger partial charge < -0.3 is 0 Å². The fraction of sp³-hybridized carbons (Fsp3) is 1.00. The van der Waals surface area contributed by atoms with Gasteiger partial charge in [0.2, 0.25) is 0 Å². The van der Waals surface area contributed by atoms with Gasteiger partial charge in [0.05, 0.1) is 0 Å². The van der Waals surface area contributed by atoms with Gasteiger partial charge in [0.25, 0.3) is 0 Å². The first-order chi connectivity index (χ1) is 3.79. The maximum Gasteiger partial charge on any atom is 0.112 e. The molecule has 1 heterocycles. The lowest BCUT2D eigenvalue weighted by atomic mass is 9.92. The van der Waals surface area contributed by atoms with Crippen molar-refractivity contribution >= 4 is 7.28 Å². The Kier molecular flexibility index (Phi) is 0.804. The van der Waals surface area contributed by atoms with Gasteiger partial charge in [-0.25, -0.2) is 0 Å². The van der Waals surface area contributed by atoms with Gasteiger partial charge in [0.15, 0.2) is 0 Å². The maximum absolute atomic E-state index is 2.43. The molecule has 1 radical (unpaired) electrons. The summed E-state index contributed by atoms with van der Waals surface area (Å²) in [7, 11) is 2.43. The normalized spacial score (nSPS) is 38.4. The second-order valence-electron chi connectivity index (χ2n) is 3.75. The second-order valence-corrected chi connectivity index (χ2v) is 3.75. The molecule has 0 aromatic heterocycles. The Morgan fingerprint density at radius 2 is 2.25 bits per heavy atom. The first kappa shape index (κ1) is 4.90. The molecule has 8 heavy (non-hydrogen) atoms. The van der Waals surface area contributed by atoms with Crippen LogP contribution < -0.4 is 0 Å². The molecule has 0 N–H and O–H groups in total. The van der Waals surface area contributed by atoms with E-state index in [4.69, 9.17) is 0 Å². The second kappa shape index (κ2) is 1.31. The first-order valence-electron chi connectivity index (χ1n) is 3.62. The van der Waals surface area contributed by atoms with E-state index < -0.39 is 0 Å². The third kappa shape index (κ3) is 0.912. The van der Waals surface area contributed by atoms with E-state index >= 15 is 0 Å². The van der Waals surface area contributed by atoms with Gasteiger partial charge in [-0.15, -0.1) is 0 Å². The molecule has 2 rings (SSSR count). The third-order valence-corrected chi connectivity index (χ3v) is 2.43. The van der Waals surface area contributed by atoms with Crippen molar-refractivity contribution in [1.82, 2.24) is 0 Å². The van der Waals surface area contributed by atoms with E-state index in [9.17, 15) is 0 Å². The van der Waals surface area contributed by atoms with Crippen LogP contribution in [0.4, 0.5) is 0 Å². The van der Waals surface area contributed by atoms with Crippen molar-refractivity contribution in [1.29, 1.82) is 0 Å². The largest absolute Gasteiger partial charge is 0.112 e. The minimum absolute atomic E-state index is 0.803. The highest BCUT2D eigenvalue weighted by molar-refractivity contribution is 6.50. The van der Waals surface area contributed by atoms with Crippen molar-refractivity contribution in [2.75, 3.05) is 0 Å². The molecular weight excluding hydrogens is 94.9 g/mol. The molecule has 1 saturated heterocycles. The Hall–Kier alpha value is 0.0649. The number of rotatable bonds is 2. The molecule has 43 valence electrons. The van der Waals surface area contributed by atoms with Gasteiger partial charge in [-0.2, -0.15) is 0 Å². The van der Waals surface area contributed by atoms with Crippen LogP contribution >= 0.6 is 0 Å². The third-order valence-electron chi connectivity index (χ3n) is 2.43. The van der Waals surface area contributed by atoms with Gasteiger partial charge in [-0.3, -0.25) is 0 Å². The van der Waals surface area contributed by atoms with Crippen molar-refractivity contribution in [3.63, 3.8) is 0 Å². The molecule has 2 aliphatic rings. The van der Waals surface area contributed by atoms with E-state index in [1.807, 2.05) is 0 Å². The summed E-state index contributed by atoms with van der Waals surface area (Å²) < 4.78 is 0. The van der Waals surface area contributed by atoms with Crippen LogP contribution in [0.15, 0.2) is 0 Å². The Morgan fingerprint density at radius 3 is 2.62 bits per heavy atom. The average molecular weight is 107 g/mol. The van der Waals surface area contributed by atoms with Crippen molar-refractivity contribution in [3.05, 3.63) is 0 Å². The number of hydrogen-bond acceptors (Lipinski definition) is 0. The summed E-state index contributed by atoms with van der Waals surface area (Å²) in [5, 5.41) is 0. The molecule has 1 heteroatoms. The molecule has 0 aromatic carbocycles. The van der Waals surface area contributed by atoms with Gasteiger partial charge >= 0.3 is 0 Å². The van der Waals surface area contributed by atoms with Crippen LogP contribution in [0.5, 0.6) is 0 Å². The summed E-state index contributed by atoms with van der Waals surface area (Å²) >= 11 is 0. The molecular formula is C7H12B. The van der Waals surface area contributed by atoms with Crippen LogP contribution in [0.25, 0.3) is 0 Å². The van der Waals surface area contributed by atoms with Crippen LogP contribution in [0.1, 0.15) is 26.2 Å². The minimum atomic E-state index is 0.803. The highest BCUT2D eigenvalue weighted by Crippen LogP contribution is 2.54. The smallest absolute Gasteiger partial charge is 0.0841 e. The summed E-state index contributed by atoms with van der Waals surface area (Å²) in [6.45, 7) is 2.42. The van der Waals surface area contributed by atoms with E-state index in [0.29, 0.717) is 0 Å². The molecule has 0 amide bonds. The van der Waals surface area contributed by atoms with Gasteiger partial charge in [-0.1, -0.05) is 25.5 Å². The quantitative estimate of drug-likeness (QED) is 0.474. The lowest BCUT2D eigenvalue weighted by molar-refractivity contribution is 0.527. The average Bonchev–Trinajstić information content (AvgIpc) is 2.49. The summed E-state index contributed by atoms with van der Waals surface area (Å²) in [5.74, 6) is 1.03. The molecule has 1 unspecified atom stereocenters. The highest BCUT2D eigenvalue weighted by atomic mass is 14.4. The van der Waals surface area contributed by atoms with E-state index in [1.54, 1.807) is 0 Å². The van der Waals surface area contributed by atoms with Crippen LogP contribution in [-0.2, 0) is 0 Å². The summed E-state index contributed by atoms with van der Waals surface area (Å²) in [5.41, 5.74) is 0.803. The summed E-state index contributed by atoms with van der Waals surface area (Å²) in [6, 6.07) is 0. The SMILES string of the molecule is CC1(CC2[B]C2)CC1. The number of hydrogen-bond donors (Lipinski definition) is 0.